The molecule has 0 saturated heterocycles. The predicted molar refractivity (Wildman–Crippen MR) is 101 cm³/mol. The van der Waals surface area contributed by atoms with Gasteiger partial charge in [-0.2, -0.15) is 4.98 Å². The fraction of sp³-hybridized carbons (Fsp3) is 0.235. The Bertz CT molecular complexity index is 804. The maximum absolute atomic E-state index is 11.9. The summed E-state index contributed by atoms with van der Waals surface area (Å²) in [4.78, 5) is 18.3. The molecule has 0 unspecified atom stereocenters. The maximum Gasteiger partial charge on any atom is 0.227 e. The lowest BCUT2D eigenvalue weighted by Crippen LogP contribution is -2.25. The van der Waals surface area contributed by atoms with Crippen LogP contribution in [0.4, 0.5) is 0 Å². The molecule has 3 aromatic rings. The fourth-order valence-corrected chi connectivity index (χ4v) is 3.60. The van der Waals surface area contributed by atoms with Crippen LogP contribution in [-0.4, -0.2) is 28.3 Å². The van der Waals surface area contributed by atoms with E-state index >= 15 is 0 Å². The molecule has 2 heterocycles. The van der Waals surface area contributed by atoms with Gasteiger partial charge >= 0.3 is 0 Å². The van der Waals surface area contributed by atoms with Crippen LogP contribution in [0.1, 0.15) is 12.3 Å². The van der Waals surface area contributed by atoms with Gasteiger partial charge in [0.1, 0.15) is 0 Å². The number of aromatic nitrogens is 2. The summed E-state index contributed by atoms with van der Waals surface area (Å²) in [5, 5.41) is 9.51. The highest BCUT2D eigenvalue weighted by Gasteiger charge is 2.11. The first kappa shape index (κ1) is 18.0. The number of nitrogens with zero attached hydrogens (tertiary/aromatic N) is 2. The van der Waals surface area contributed by atoms with Gasteiger partial charge < -0.3 is 9.84 Å². The average Bonchev–Trinajstić information content (AvgIpc) is 3.29. The highest BCUT2D eigenvalue weighted by molar-refractivity contribution is 7.99. The van der Waals surface area contributed by atoms with E-state index in [9.17, 15) is 4.79 Å². The Morgan fingerprint density at radius 3 is 2.88 bits per heavy atom. The minimum atomic E-state index is -0.0208. The monoisotopic (exact) mass is 393 g/mol. The Morgan fingerprint density at radius 2 is 2.12 bits per heavy atom. The molecule has 0 bridgehead atoms. The zero-order chi connectivity index (χ0) is 17.5. The second-order valence-corrected chi connectivity index (χ2v) is 7.69. The third kappa shape index (κ3) is 5.59. The molecule has 8 heteroatoms. The Hall–Kier alpha value is -1.83. The number of hydrogen-bond donors (Lipinski definition) is 1. The van der Waals surface area contributed by atoms with Crippen molar-refractivity contribution in [1.82, 2.24) is 15.5 Å². The Balaban J connectivity index is 1.35. The SMILES string of the molecule is O=C(CCc1nc(-c2cccs2)no1)NCCSc1ccc(Cl)cc1. The summed E-state index contributed by atoms with van der Waals surface area (Å²) < 4.78 is 5.18. The quantitative estimate of drug-likeness (QED) is 0.456. The molecule has 3 rings (SSSR count). The number of carbonyl (C=O) groups excluding carboxylic acids is 1. The van der Waals surface area contributed by atoms with Gasteiger partial charge in [0, 0.05) is 35.1 Å². The molecular formula is C17H16ClN3O2S2. The molecule has 0 aliphatic heterocycles. The van der Waals surface area contributed by atoms with E-state index in [0.717, 1.165) is 20.5 Å². The first-order chi connectivity index (χ1) is 12.2. The van der Waals surface area contributed by atoms with Gasteiger partial charge in [-0.05, 0) is 35.7 Å². The molecule has 130 valence electrons. The average molecular weight is 394 g/mol. The van der Waals surface area contributed by atoms with Crippen LogP contribution < -0.4 is 5.32 Å². The second-order valence-electron chi connectivity index (χ2n) is 5.14. The third-order valence-corrected chi connectivity index (χ3v) is 5.41. The number of carbonyl (C=O) groups is 1. The van der Waals surface area contributed by atoms with Crippen LogP contribution in [0.25, 0.3) is 10.7 Å². The van der Waals surface area contributed by atoms with Crippen molar-refractivity contribution in [2.24, 2.45) is 0 Å². The Labute approximate surface area is 158 Å². The summed E-state index contributed by atoms with van der Waals surface area (Å²) in [5.41, 5.74) is 0. The molecular weight excluding hydrogens is 378 g/mol. The summed E-state index contributed by atoms with van der Waals surface area (Å²) in [7, 11) is 0. The molecule has 0 atom stereocenters. The van der Waals surface area contributed by atoms with Crippen molar-refractivity contribution in [3.05, 3.63) is 52.7 Å². The van der Waals surface area contributed by atoms with E-state index in [4.69, 9.17) is 16.1 Å². The minimum absolute atomic E-state index is 0.0208. The van der Waals surface area contributed by atoms with Crippen LogP contribution in [-0.2, 0) is 11.2 Å². The molecule has 0 radical (unpaired) electrons. The zero-order valence-electron chi connectivity index (χ0n) is 13.3. The van der Waals surface area contributed by atoms with Gasteiger partial charge in [-0.15, -0.1) is 23.1 Å². The van der Waals surface area contributed by atoms with E-state index in [1.54, 1.807) is 23.1 Å². The van der Waals surface area contributed by atoms with Gasteiger partial charge in [0.25, 0.3) is 0 Å². The molecule has 1 N–H and O–H groups in total. The lowest BCUT2D eigenvalue weighted by atomic mass is 10.3. The van der Waals surface area contributed by atoms with Gasteiger partial charge in [-0.1, -0.05) is 22.8 Å². The van der Waals surface area contributed by atoms with Gasteiger partial charge in [0.15, 0.2) is 0 Å². The summed E-state index contributed by atoms with van der Waals surface area (Å²) in [5.74, 6) is 1.84. The van der Waals surface area contributed by atoms with Crippen molar-refractivity contribution in [2.75, 3.05) is 12.3 Å². The van der Waals surface area contributed by atoms with E-state index in [-0.39, 0.29) is 5.91 Å². The highest BCUT2D eigenvalue weighted by atomic mass is 35.5. The smallest absolute Gasteiger partial charge is 0.227 e. The summed E-state index contributed by atoms with van der Waals surface area (Å²) in [6.07, 6.45) is 0.770. The standard InChI is InChI=1S/C17H16ClN3O2S2/c18-12-3-5-13(6-4-12)24-11-9-19-15(22)7-8-16-20-17(21-23-16)14-2-1-10-25-14/h1-6,10H,7-9,11H2,(H,19,22). The van der Waals surface area contributed by atoms with Gasteiger partial charge in [0.05, 0.1) is 4.88 Å². The van der Waals surface area contributed by atoms with Crippen molar-refractivity contribution >= 4 is 40.6 Å². The van der Waals surface area contributed by atoms with Crippen molar-refractivity contribution in [1.29, 1.82) is 0 Å². The molecule has 0 aliphatic carbocycles. The number of thiophene rings is 1. The first-order valence-electron chi connectivity index (χ1n) is 7.72. The van der Waals surface area contributed by atoms with E-state index in [2.05, 4.69) is 15.5 Å². The van der Waals surface area contributed by atoms with Gasteiger partial charge in [0.2, 0.25) is 17.6 Å². The van der Waals surface area contributed by atoms with Crippen LogP contribution in [0.15, 0.2) is 51.2 Å². The van der Waals surface area contributed by atoms with Crippen LogP contribution >= 0.6 is 34.7 Å². The number of nitrogens with one attached hydrogen (secondary N) is 1. The predicted octanol–water partition coefficient (Wildman–Crippen LogP) is 4.29. The van der Waals surface area contributed by atoms with Crippen molar-refractivity contribution in [2.45, 2.75) is 17.7 Å². The number of thioether (sulfide) groups is 1. The van der Waals surface area contributed by atoms with Crippen LogP contribution in [0.2, 0.25) is 5.02 Å². The maximum atomic E-state index is 11.9. The number of halogens is 1. The first-order valence-corrected chi connectivity index (χ1v) is 9.96. The zero-order valence-corrected chi connectivity index (χ0v) is 15.7. The number of rotatable bonds is 8. The van der Waals surface area contributed by atoms with Crippen LogP contribution in [0.3, 0.4) is 0 Å². The molecule has 25 heavy (non-hydrogen) atoms. The fourth-order valence-electron chi connectivity index (χ4n) is 2.06. The van der Waals surface area contributed by atoms with Crippen LogP contribution in [0.5, 0.6) is 0 Å². The lowest BCUT2D eigenvalue weighted by Gasteiger charge is -2.04. The summed E-state index contributed by atoms with van der Waals surface area (Å²) >= 11 is 9.07. The topological polar surface area (TPSA) is 68.0 Å². The normalized spacial score (nSPS) is 10.8. The minimum Gasteiger partial charge on any atom is -0.355 e. The number of hydrogen-bond acceptors (Lipinski definition) is 6. The van der Waals surface area contributed by atoms with E-state index in [1.807, 2.05) is 41.8 Å². The molecule has 0 saturated carbocycles. The second kappa shape index (κ2) is 9.03. The van der Waals surface area contributed by atoms with Crippen molar-refractivity contribution in [3.63, 3.8) is 0 Å². The molecule has 2 aromatic heterocycles. The lowest BCUT2D eigenvalue weighted by molar-refractivity contribution is -0.121. The number of aryl methyl sites for hydroxylation is 1. The Morgan fingerprint density at radius 1 is 1.28 bits per heavy atom. The van der Waals surface area contributed by atoms with Gasteiger partial charge in [-0.3, -0.25) is 4.79 Å². The molecule has 5 nitrogen and oxygen atoms in total. The van der Waals surface area contributed by atoms with Crippen molar-refractivity contribution < 1.29 is 9.32 Å². The Kier molecular flexibility index (Phi) is 6.49. The van der Waals surface area contributed by atoms with E-state index in [1.165, 1.54) is 0 Å². The highest BCUT2D eigenvalue weighted by Crippen LogP contribution is 2.21. The molecule has 0 spiro atoms. The van der Waals surface area contributed by atoms with Gasteiger partial charge in [-0.25, -0.2) is 0 Å². The molecule has 1 amide bonds. The van der Waals surface area contributed by atoms with E-state index < -0.39 is 0 Å². The summed E-state index contributed by atoms with van der Waals surface area (Å²) in [6, 6.07) is 11.5. The molecule has 0 fully saturated rings. The summed E-state index contributed by atoms with van der Waals surface area (Å²) in [6.45, 7) is 0.608. The largest absolute Gasteiger partial charge is 0.355 e. The molecule has 1 aromatic carbocycles. The van der Waals surface area contributed by atoms with Crippen LogP contribution in [0, 0.1) is 0 Å². The number of amides is 1. The number of benzene rings is 1. The molecule has 0 aliphatic rings. The van der Waals surface area contributed by atoms with Crippen molar-refractivity contribution in [3.8, 4) is 10.7 Å². The van der Waals surface area contributed by atoms with E-state index in [0.29, 0.717) is 31.1 Å². The third-order valence-electron chi connectivity index (χ3n) is 3.28.